The number of pyridine rings is 2. The highest BCUT2D eigenvalue weighted by Gasteiger charge is 2.03. The highest BCUT2D eigenvalue weighted by atomic mass is 14.7. The lowest BCUT2D eigenvalue weighted by atomic mass is 10.1. The summed E-state index contributed by atoms with van der Waals surface area (Å²) in [6, 6.07) is 22.6. The molecule has 4 rings (SSSR count). The van der Waals surface area contributed by atoms with E-state index in [1.807, 2.05) is 48.7 Å². The summed E-state index contributed by atoms with van der Waals surface area (Å²) in [7, 11) is 0. The standard InChI is InChI=1S/C18H12N2/c1-4-8-17-13(5-1)9-10-18(20-17)15-11-14-6-2-3-7-16(14)19-12-15/h1-12H. The highest BCUT2D eigenvalue weighted by molar-refractivity contribution is 5.85. The number of para-hydroxylation sites is 2. The normalized spacial score (nSPS) is 11.0. The Morgan fingerprint density at radius 3 is 2.30 bits per heavy atom. The fourth-order valence-electron chi connectivity index (χ4n) is 2.44. The average molecular weight is 256 g/mol. The Bertz CT molecular complexity index is 836. The Kier molecular flexibility index (Phi) is 2.46. The van der Waals surface area contributed by atoms with E-state index < -0.39 is 0 Å². The molecule has 0 aliphatic carbocycles. The molecule has 94 valence electrons. The average Bonchev–Trinajstić information content (AvgIpc) is 2.54. The zero-order valence-electron chi connectivity index (χ0n) is 10.8. The number of nitrogens with zero attached hydrogens (tertiary/aromatic N) is 2. The molecule has 0 spiro atoms. The van der Waals surface area contributed by atoms with Crippen molar-refractivity contribution in [1.82, 2.24) is 9.97 Å². The fourth-order valence-corrected chi connectivity index (χ4v) is 2.44. The lowest BCUT2D eigenvalue weighted by Gasteiger charge is -2.04. The third kappa shape index (κ3) is 1.82. The molecular weight excluding hydrogens is 244 g/mol. The molecule has 0 saturated heterocycles. The molecule has 2 heterocycles. The van der Waals surface area contributed by atoms with E-state index in [4.69, 9.17) is 4.98 Å². The van der Waals surface area contributed by atoms with Crippen LogP contribution in [0.15, 0.2) is 72.9 Å². The van der Waals surface area contributed by atoms with Gasteiger partial charge in [0.25, 0.3) is 0 Å². The summed E-state index contributed by atoms with van der Waals surface area (Å²) >= 11 is 0. The second-order valence-corrected chi connectivity index (χ2v) is 4.81. The van der Waals surface area contributed by atoms with E-state index >= 15 is 0 Å². The van der Waals surface area contributed by atoms with Crippen LogP contribution in [0.4, 0.5) is 0 Å². The third-order valence-electron chi connectivity index (χ3n) is 3.48. The zero-order valence-corrected chi connectivity index (χ0v) is 10.8. The van der Waals surface area contributed by atoms with Gasteiger partial charge >= 0.3 is 0 Å². The van der Waals surface area contributed by atoms with Gasteiger partial charge in [0.05, 0.1) is 16.7 Å². The molecule has 0 amide bonds. The minimum absolute atomic E-state index is 0.960. The Balaban J connectivity index is 1.91. The molecule has 0 aliphatic rings. The molecule has 2 aromatic carbocycles. The van der Waals surface area contributed by atoms with Crippen LogP contribution in [-0.4, -0.2) is 9.97 Å². The van der Waals surface area contributed by atoms with Gasteiger partial charge < -0.3 is 0 Å². The Hall–Kier alpha value is -2.74. The maximum Gasteiger partial charge on any atom is 0.0725 e. The van der Waals surface area contributed by atoms with Crippen LogP contribution in [0.1, 0.15) is 0 Å². The fraction of sp³-hybridized carbons (Fsp3) is 0. The molecule has 20 heavy (non-hydrogen) atoms. The van der Waals surface area contributed by atoms with E-state index in [2.05, 4.69) is 29.2 Å². The van der Waals surface area contributed by atoms with Crippen molar-refractivity contribution < 1.29 is 0 Å². The van der Waals surface area contributed by atoms with Gasteiger partial charge in [-0.15, -0.1) is 0 Å². The van der Waals surface area contributed by atoms with Crippen LogP contribution in [0.2, 0.25) is 0 Å². The lowest BCUT2D eigenvalue weighted by Crippen LogP contribution is -1.87. The number of hydrogen-bond acceptors (Lipinski definition) is 2. The maximum absolute atomic E-state index is 4.71. The first-order valence-electron chi connectivity index (χ1n) is 6.61. The number of aromatic nitrogens is 2. The molecule has 0 N–H and O–H groups in total. The first-order valence-corrected chi connectivity index (χ1v) is 6.61. The first kappa shape index (κ1) is 11.1. The summed E-state index contributed by atoms with van der Waals surface area (Å²) in [6.07, 6.45) is 1.89. The van der Waals surface area contributed by atoms with Crippen molar-refractivity contribution in [2.75, 3.05) is 0 Å². The lowest BCUT2D eigenvalue weighted by molar-refractivity contribution is 1.35. The molecular formula is C18H12N2. The second kappa shape index (κ2) is 4.42. The number of rotatable bonds is 1. The minimum atomic E-state index is 0.960. The van der Waals surface area contributed by atoms with Crippen molar-refractivity contribution in [1.29, 1.82) is 0 Å². The summed E-state index contributed by atoms with van der Waals surface area (Å²) in [5.41, 5.74) is 4.03. The van der Waals surface area contributed by atoms with Gasteiger partial charge in [-0.3, -0.25) is 4.98 Å². The predicted molar refractivity (Wildman–Crippen MR) is 82.5 cm³/mol. The van der Waals surface area contributed by atoms with E-state index in [9.17, 15) is 0 Å². The van der Waals surface area contributed by atoms with Gasteiger partial charge in [0.2, 0.25) is 0 Å². The van der Waals surface area contributed by atoms with Gasteiger partial charge in [0.15, 0.2) is 0 Å². The Labute approximate surface area is 116 Å². The number of benzene rings is 2. The summed E-state index contributed by atoms with van der Waals surface area (Å²) < 4.78 is 0. The monoisotopic (exact) mass is 256 g/mol. The van der Waals surface area contributed by atoms with E-state index in [1.54, 1.807) is 0 Å². The largest absolute Gasteiger partial charge is 0.256 e. The molecule has 0 fully saturated rings. The Morgan fingerprint density at radius 1 is 0.650 bits per heavy atom. The maximum atomic E-state index is 4.71. The van der Waals surface area contributed by atoms with Crippen molar-refractivity contribution in [3.8, 4) is 11.3 Å². The quantitative estimate of drug-likeness (QED) is 0.503. The van der Waals surface area contributed by atoms with Crippen LogP contribution in [-0.2, 0) is 0 Å². The molecule has 0 aliphatic heterocycles. The van der Waals surface area contributed by atoms with Crippen LogP contribution >= 0.6 is 0 Å². The molecule has 0 unspecified atom stereocenters. The molecule has 0 saturated carbocycles. The molecule has 2 heteroatoms. The Morgan fingerprint density at radius 2 is 1.40 bits per heavy atom. The van der Waals surface area contributed by atoms with E-state index in [0.717, 1.165) is 33.1 Å². The molecule has 0 radical (unpaired) electrons. The summed E-state index contributed by atoms with van der Waals surface area (Å²) in [6.45, 7) is 0. The van der Waals surface area contributed by atoms with Gasteiger partial charge in [-0.1, -0.05) is 42.5 Å². The van der Waals surface area contributed by atoms with Crippen LogP contribution in [0.5, 0.6) is 0 Å². The minimum Gasteiger partial charge on any atom is -0.256 e. The van der Waals surface area contributed by atoms with Crippen molar-refractivity contribution in [2.45, 2.75) is 0 Å². The van der Waals surface area contributed by atoms with Gasteiger partial charge in [0.1, 0.15) is 0 Å². The molecule has 2 aromatic heterocycles. The van der Waals surface area contributed by atoms with E-state index in [-0.39, 0.29) is 0 Å². The van der Waals surface area contributed by atoms with Gasteiger partial charge in [-0.05, 0) is 24.3 Å². The molecule has 4 aromatic rings. The third-order valence-corrected chi connectivity index (χ3v) is 3.48. The highest BCUT2D eigenvalue weighted by Crippen LogP contribution is 2.23. The van der Waals surface area contributed by atoms with Gasteiger partial charge in [-0.25, -0.2) is 4.98 Å². The summed E-state index contributed by atoms with van der Waals surface area (Å²) in [4.78, 5) is 9.21. The molecule has 0 bridgehead atoms. The van der Waals surface area contributed by atoms with Crippen LogP contribution in [0.25, 0.3) is 33.1 Å². The smallest absolute Gasteiger partial charge is 0.0725 e. The van der Waals surface area contributed by atoms with Gasteiger partial charge in [0, 0.05) is 22.5 Å². The van der Waals surface area contributed by atoms with Crippen molar-refractivity contribution in [3.63, 3.8) is 0 Å². The van der Waals surface area contributed by atoms with Crippen molar-refractivity contribution in [3.05, 3.63) is 72.9 Å². The molecule has 0 atom stereocenters. The van der Waals surface area contributed by atoms with Crippen molar-refractivity contribution in [2.24, 2.45) is 0 Å². The topological polar surface area (TPSA) is 25.8 Å². The van der Waals surface area contributed by atoms with Crippen molar-refractivity contribution >= 4 is 21.8 Å². The van der Waals surface area contributed by atoms with E-state index in [0.29, 0.717) is 0 Å². The number of hydrogen-bond donors (Lipinski definition) is 0. The zero-order chi connectivity index (χ0) is 13.4. The second-order valence-electron chi connectivity index (χ2n) is 4.81. The van der Waals surface area contributed by atoms with Crippen LogP contribution in [0.3, 0.4) is 0 Å². The summed E-state index contributed by atoms with van der Waals surface area (Å²) in [5, 5.41) is 2.30. The summed E-state index contributed by atoms with van der Waals surface area (Å²) in [5.74, 6) is 0. The first-order chi connectivity index (χ1) is 9.90. The SMILES string of the molecule is c1ccc2ncc(-c3ccc4ccccc4n3)cc2c1. The van der Waals surface area contributed by atoms with Gasteiger partial charge in [-0.2, -0.15) is 0 Å². The number of fused-ring (bicyclic) bond motifs is 2. The van der Waals surface area contributed by atoms with Crippen LogP contribution < -0.4 is 0 Å². The van der Waals surface area contributed by atoms with E-state index in [1.165, 1.54) is 0 Å². The predicted octanol–water partition coefficient (Wildman–Crippen LogP) is 4.45. The molecule has 2 nitrogen and oxygen atoms in total. The van der Waals surface area contributed by atoms with Crippen LogP contribution in [0, 0.1) is 0 Å².